The maximum atomic E-state index is 13.1. The van der Waals surface area contributed by atoms with Gasteiger partial charge in [0.1, 0.15) is 5.75 Å². The molecular weight excluding hydrogens is 482 g/mol. The van der Waals surface area contributed by atoms with Gasteiger partial charge in [0.15, 0.2) is 12.3 Å². The van der Waals surface area contributed by atoms with E-state index in [9.17, 15) is 14.7 Å². The third kappa shape index (κ3) is 4.87. The largest absolute Gasteiger partial charge is 0.471 e. The molecule has 1 saturated carbocycles. The number of ether oxygens (including phenoxy) is 2. The average Bonchev–Trinajstić information content (AvgIpc) is 3.34. The summed E-state index contributed by atoms with van der Waals surface area (Å²) >= 11 is 0. The average molecular weight is 520 g/mol. The molecule has 2 amide bonds. The molecule has 2 aromatic rings. The summed E-state index contributed by atoms with van der Waals surface area (Å²) in [6.07, 6.45) is 9.04. The number of rotatable bonds is 4. The Hall–Kier alpha value is -3.10. The van der Waals surface area contributed by atoms with Crippen molar-refractivity contribution in [3.05, 3.63) is 48.0 Å². The van der Waals surface area contributed by atoms with Crippen LogP contribution in [0.2, 0.25) is 0 Å². The number of hydrogen-bond acceptors (Lipinski definition) is 6. The maximum absolute atomic E-state index is 13.1. The molecule has 0 atom stereocenters. The van der Waals surface area contributed by atoms with Crippen LogP contribution in [0.25, 0.3) is 11.1 Å². The fourth-order valence-corrected chi connectivity index (χ4v) is 6.11. The minimum Gasteiger partial charge on any atom is -0.471 e. The molecule has 0 bridgehead atoms. The van der Waals surface area contributed by atoms with E-state index in [2.05, 4.69) is 23.1 Å². The highest BCUT2D eigenvalue weighted by Crippen LogP contribution is 2.40. The lowest BCUT2D eigenvalue weighted by Gasteiger charge is -2.42. The number of amides is 2. The zero-order valence-electron chi connectivity index (χ0n) is 21.9. The Morgan fingerprint density at radius 2 is 1.45 bits per heavy atom. The number of piperazine rings is 1. The molecule has 1 aliphatic carbocycles. The first kappa shape index (κ1) is 25.2. The predicted octanol–water partition coefficient (Wildman–Crippen LogP) is 3.67. The lowest BCUT2D eigenvalue weighted by Crippen LogP contribution is -2.64. The van der Waals surface area contributed by atoms with Gasteiger partial charge in [-0.05, 0) is 48.2 Å². The number of hydrogen-bond donors (Lipinski definition) is 1. The fourth-order valence-electron chi connectivity index (χ4n) is 6.11. The van der Waals surface area contributed by atoms with Crippen molar-refractivity contribution in [2.45, 2.75) is 56.6 Å². The van der Waals surface area contributed by atoms with Crippen molar-refractivity contribution < 1.29 is 24.2 Å². The van der Waals surface area contributed by atoms with Crippen LogP contribution in [-0.4, -0.2) is 84.5 Å². The van der Waals surface area contributed by atoms with Crippen LogP contribution < -0.4 is 9.64 Å². The van der Waals surface area contributed by atoms with Gasteiger partial charge in [0.2, 0.25) is 0 Å². The van der Waals surface area contributed by atoms with Gasteiger partial charge in [-0.1, -0.05) is 50.3 Å². The van der Waals surface area contributed by atoms with Crippen LogP contribution in [0.5, 0.6) is 5.75 Å². The Balaban J connectivity index is 1.10. The molecule has 0 spiro atoms. The molecule has 0 radical (unpaired) electrons. The van der Waals surface area contributed by atoms with Crippen molar-refractivity contribution in [1.82, 2.24) is 9.80 Å². The van der Waals surface area contributed by atoms with E-state index in [0.29, 0.717) is 44.5 Å². The molecule has 3 aliphatic heterocycles. The summed E-state index contributed by atoms with van der Waals surface area (Å²) in [5.74, 6) is 0.623. The molecule has 6 rings (SSSR count). The van der Waals surface area contributed by atoms with E-state index in [-0.39, 0.29) is 25.0 Å². The molecular formula is C30H37N3O5. The minimum atomic E-state index is -1.39. The first-order chi connectivity index (χ1) is 18.5. The van der Waals surface area contributed by atoms with Crippen molar-refractivity contribution in [3.63, 3.8) is 0 Å². The summed E-state index contributed by atoms with van der Waals surface area (Å²) < 4.78 is 11.0. The van der Waals surface area contributed by atoms with Gasteiger partial charge >= 0.3 is 0 Å². The van der Waals surface area contributed by atoms with Gasteiger partial charge in [-0.15, -0.1) is 0 Å². The van der Waals surface area contributed by atoms with E-state index in [1.165, 1.54) is 50.6 Å². The Morgan fingerprint density at radius 1 is 0.816 bits per heavy atom. The lowest BCUT2D eigenvalue weighted by molar-refractivity contribution is -0.201. The molecule has 0 aromatic heterocycles. The van der Waals surface area contributed by atoms with Crippen molar-refractivity contribution in [2.75, 3.05) is 51.0 Å². The third-order valence-electron chi connectivity index (χ3n) is 8.54. The van der Waals surface area contributed by atoms with E-state index < -0.39 is 5.60 Å². The van der Waals surface area contributed by atoms with Gasteiger partial charge in [-0.25, -0.2) is 0 Å². The van der Waals surface area contributed by atoms with E-state index in [1.807, 2.05) is 24.3 Å². The summed E-state index contributed by atoms with van der Waals surface area (Å²) in [5.41, 5.74) is 2.62. The van der Waals surface area contributed by atoms with Gasteiger partial charge in [-0.2, -0.15) is 0 Å². The number of aliphatic hydroxyl groups is 1. The summed E-state index contributed by atoms with van der Waals surface area (Å²) in [7, 11) is 0. The molecule has 2 aromatic carbocycles. The Kier molecular flexibility index (Phi) is 7.01. The van der Waals surface area contributed by atoms with E-state index in [1.54, 1.807) is 9.80 Å². The van der Waals surface area contributed by atoms with Crippen molar-refractivity contribution >= 4 is 17.5 Å². The molecule has 8 heteroatoms. The lowest BCUT2D eigenvalue weighted by atomic mass is 9.95. The third-order valence-corrected chi connectivity index (χ3v) is 8.54. The van der Waals surface area contributed by atoms with Crippen LogP contribution in [0.4, 0.5) is 5.69 Å². The Labute approximate surface area is 224 Å². The van der Waals surface area contributed by atoms with Gasteiger partial charge in [0.05, 0.1) is 18.9 Å². The van der Waals surface area contributed by atoms with Crippen LogP contribution in [0.1, 0.15) is 55.3 Å². The van der Waals surface area contributed by atoms with Crippen LogP contribution in [0.3, 0.4) is 0 Å². The van der Waals surface area contributed by atoms with Crippen LogP contribution in [-0.2, 0) is 9.53 Å². The second-order valence-corrected chi connectivity index (χ2v) is 11.1. The van der Waals surface area contributed by atoms with E-state index >= 15 is 0 Å². The first-order valence-corrected chi connectivity index (χ1v) is 14.0. The zero-order valence-corrected chi connectivity index (χ0v) is 21.9. The van der Waals surface area contributed by atoms with E-state index in [4.69, 9.17) is 9.47 Å². The molecule has 3 fully saturated rings. The normalized spacial score (nSPS) is 21.7. The fraction of sp³-hybridized carbons (Fsp3) is 0.533. The molecule has 4 aliphatic rings. The SMILES string of the molecule is O=C(c1ccc(-c2ccc3c(c2)N(C2CCCCCCC2)CO3)cc1)N1CCN(C(=O)C2(O)COC2)CC1. The number of nitrogens with zero attached hydrogens (tertiary/aromatic N) is 3. The molecule has 3 heterocycles. The quantitative estimate of drug-likeness (QED) is 0.664. The number of anilines is 1. The summed E-state index contributed by atoms with van der Waals surface area (Å²) in [4.78, 5) is 31.5. The monoisotopic (exact) mass is 519 g/mol. The highest BCUT2D eigenvalue weighted by atomic mass is 16.5. The number of carbonyl (C=O) groups excluding carboxylic acids is 2. The molecule has 1 N–H and O–H groups in total. The van der Waals surface area contributed by atoms with Crippen LogP contribution >= 0.6 is 0 Å². The summed E-state index contributed by atoms with van der Waals surface area (Å²) in [6, 6.07) is 14.7. The molecule has 8 nitrogen and oxygen atoms in total. The van der Waals surface area contributed by atoms with Gasteiger partial charge in [0, 0.05) is 37.8 Å². The molecule has 202 valence electrons. The smallest absolute Gasteiger partial charge is 0.259 e. The van der Waals surface area contributed by atoms with Crippen molar-refractivity contribution in [3.8, 4) is 16.9 Å². The van der Waals surface area contributed by atoms with Gasteiger partial charge in [0.25, 0.3) is 11.8 Å². The van der Waals surface area contributed by atoms with E-state index in [0.717, 1.165) is 16.9 Å². The second kappa shape index (κ2) is 10.6. The minimum absolute atomic E-state index is 0.0350. The maximum Gasteiger partial charge on any atom is 0.259 e. The zero-order chi connectivity index (χ0) is 26.1. The van der Waals surface area contributed by atoms with Gasteiger partial charge < -0.3 is 29.3 Å². The topological polar surface area (TPSA) is 82.6 Å². The Morgan fingerprint density at radius 3 is 2.11 bits per heavy atom. The predicted molar refractivity (Wildman–Crippen MR) is 144 cm³/mol. The van der Waals surface area contributed by atoms with Crippen molar-refractivity contribution in [1.29, 1.82) is 0 Å². The van der Waals surface area contributed by atoms with Crippen molar-refractivity contribution in [2.24, 2.45) is 0 Å². The van der Waals surface area contributed by atoms with Gasteiger partial charge in [-0.3, -0.25) is 9.59 Å². The Bertz CT molecular complexity index is 1160. The number of benzene rings is 2. The number of carbonyl (C=O) groups is 2. The molecule has 0 unspecified atom stereocenters. The van der Waals surface area contributed by atoms with Crippen LogP contribution in [0.15, 0.2) is 42.5 Å². The summed E-state index contributed by atoms with van der Waals surface area (Å²) in [6.45, 7) is 2.46. The highest BCUT2D eigenvalue weighted by Gasteiger charge is 2.46. The second-order valence-electron chi connectivity index (χ2n) is 11.1. The standard InChI is InChI=1S/C30H37N3O5/c34-28(31-14-16-32(17-15-31)29(35)30(36)19-37-20-30)23-10-8-22(9-11-23)24-12-13-27-26(18-24)33(21-38-27)25-6-4-2-1-3-5-7-25/h8-13,18,25,36H,1-7,14-17,19-21H2. The molecule has 38 heavy (non-hydrogen) atoms. The highest BCUT2D eigenvalue weighted by molar-refractivity contribution is 5.95. The van der Waals surface area contributed by atoms with Crippen LogP contribution in [0, 0.1) is 0 Å². The summed E-state index contributed by atoms with van der Waals surface area (Å²) in [5, 5.41) is 10.3. The number of fused-ring (bicyclic) bond motifs is 1. The first-order valence-electron chi connectivity index (χ1n) is 14.0. The molecule has 2 saturated heterocycles.